The molecule has 0 bridgehead atoms. The average Bonchev–Trinajstić information content (AvgIpc) is 3.26. The molecule has 3 amide bonds. The average molecular weight is 449 g/mol. The summed E-state index contributed by atoms with van der Waals surface area (Å²) in [5.41, 5.74) is 4.41. The molecule has 0 atom stereocenters. The van der Waals surface area contributed by atoms with E-state index in [-0.39, 0.29) is 30.7 Å². The van der Waals surface area contributed by atoms with Gasteiger partial charge in [-0.1, -0.05) is 42.0 Å². The third-order valence-electron chi connectivity index (χ3n) is 5.21. The van der Waals surface area contributed by atoms with Gasteiger partial charge < -0.3 is 15.5 Å². The first-order valence-electron chi connectivity index (χ1n) is 10.4. The molecule has 8 heteroatoms. The molecule has 7 nitrogen and oxygen atoms in total. The maximum Gasteiger partial charge on any atom is 0.254 e. The monoisotopic (exact) mass is 448 g/mol. The maximum atomic E-state index is 12.5. The largest absolute Gasteiger partial charge is 0.353 e. The summed E-state index contributed by atoms with van der Waals surface area (Å²) >= 11 is 1.53. The topological polar surface area (TPSA) is 91.4 Å². The Bertz CT molecular complexity index is 1120. The predicted octanol–water partition coefficient (Wildman–Crippen LogP) is 2.55. The number of aromatic nitrogens is 1. The summed E-state index contributed by atoms with van der Waals surface area (Å²) in [5, 5.41) is 8.42. The molecule has 1 saturated heterocycles. The van der Waals surface area contributed by atoms with Crippen molar-refractivity contribution in [2.24, 2.45) is 0 Å². The normalized spacial score (nSPS) is 13.5. The van der Waals surface area contributed by atoms with Crippen molar-refractivity contribution in [1.82, 2.24) is 20.5 Å². The van der Waals surface area contributed by atoms with E-state index in [2.05, 4.69) is 15.6 Å². The second-order valence-corrected chi connectivity index (χ2v) is 8.60. The Morgan fingerprint density at radius 3 is 2.59 bits per heavy atom. The van der Waals surface area contributed by atoms with Crippen molar-refractivity contribution in [2.45, 2.75) is 19.9 Å². The van der Waals surface area contributed by atoms with Crippen LogP contribution < -0.4 is 10.6 Å². The highest BCUT2D eigenvalue weighted by Gasteiger charge is 2.22. The fraction of sp³-hybridized carbons (Fsp3) is 0.250. The summed E-state index contributed by atoms with van der Waals surface area (Å²) in [7, 11) is 0. The highest BCUT2D eigenvalue weighted by molar-refractivity contribution is 7.13. The summed E-state index contributed by atoms with van der Waals surface area (Å²) in [5.74, 6) is -0.413. The standard InChI is InChI=1S/C24H24N4O3S/c1-16-2-6-18(7-3-16)23-27-20(15-32-23)12-21(29)26-13-17-4-8-19(9-5-17)24(31)28-11-10-25-22(30)14-28/h2-9,15H,10-14H2,1H3,(H,25,30)(H,26,29). The maximum absolute atomic E-state index is 12.5. The number of benzene rings is 2. The van der Waals surface area contributed by atoms with Crippen LogP contribution in [-0.4, -0.2) is 47.2 Å². The van der Waals surface area contributed by atoms with Crippen LogP contribution in [0.3, 0.4) is 0 Å². The molecule has 2 heterocycles. The van der Waals surface area contributed by atoms with Gasteiger partial charge in [0, 0.05) is 36.1 Å². The first-order chi connectivity index (χ1) is 15.5. The lowest BCUT2D eigenvalue weighted by Crippen LogP contribution is -2.49. The minimum atomic E-state index is -0.164. The number of nitrogens with zero attached hydrogens (tertiary/aromatic N) is 2. The van der Waals surface area contributed by atoms with E-state index in [1.165, 1.54) is 21.8 Å². The molecule has 1 aliphatic heterocycles. The van der Waals surface area contributed by atoms with Gasteiger partial charge in [-0.3, -0.25) is 14.4 Å². The predicted molar refractivity (Wildman–Crippen MR) is 123 cm³/mol. The van der Waals surface area contributed by atoms with E-state index in [9.17, 15) is 14.4 Å². The third kappa shape index (κ3) is 5.39. The molecule has 1 aliphatic rings. The van der Waals surface area contributed by atoms with E-state index in [1.54, 1.807) is 12.1 Å². The lowest BCUT2D eigenvalue weighted by Gasteiger charge is -2.26. The molecular formula is C24H24N4O3S. The first-order valence-corrected chi connectivity index (χ1v) is 11.3. The SMILES string of the molecule is Cc1ccc(-c2nc(CC(=O)NCc3ccc(C(=O)N4CCNC(=O)C4)cc3)cs2)cc1. The third-order valence-corrected chi connectivity index (χ3v) is 6.15. The number of carbonyl (C=O) groups excluding carboxylic acids is 3. The summed E-state index contributed by atoms with van der Waals surface area (Å²) in [4.78, 5) is 42.4. The highest BCUT2D eigenvalue weighted by atomic mass is 32.1. The van der Waals surface area contributed by atoms with E-state index >= 15 is 0 Å². The minimum Gasteiger partial charge on any atom is -0.353 e. The van der Waals surface area contributed by atoms with Crippen LogP contribution in [0.15, 0.2) is 53.9 Å². The zero-order chi connectivity index (χ0) is 22.5. The number of aryl methyl sites for hydroxylation is 1. The number of hydrogen-bond donors (Lipinski definition) is 2. The van der Waals surface area contributed by atoms with Gasteiger partial charge >= 0.3 is 0 Å². The quantitative estimate of drug-likeness (QED) is 0.606. The van der Waals surface area contributed by atoms with Gasteiger partial charge in [0.1, 0.15) is 5.01 Å². The fourth-order valence-corrected chi connectivity index (χ4v) is 4.23. The van der Waals surface area contributed by atoms with Crippen molar-refractivity contribution in [3.63, 3.8) is 0 Å². The number of amides is 3. The van der Waals surface area contributed by atoms with Crippen molar-refractivity contribution in [3.8, 4) is 10.6 Å². The van der Waals surface area contributed by atoms with E-state index in [0.717, 1.165) is 21.8 Å². The molecule has 0 saturated carbocycles. The van der Waals surface area contributed by atoms with E-state index < -0.39 is 0 Å². The molecule has 1 aromatic heterocycles. The lowest BCUT2D eigenvalue weighted by molar-refractivity contribution is -0.123. The van der Waals surface area contributed by atoms with Gasteiger partial charge in [0.2, 0.25) is 11.8 Å². The molecule has 0 spiro atoms. The summed E-state index contributed by atoms with van der Waals surface area (Å²) in [6, 6.07) is 15.2. The summed E-state index contributed by atoms with van der Waals surface area (Å²) in [6.45, 7) is 3.47. The molecule has 0 aliphatic carbocycles. The van der Waals surface area contributed by atoms with Gasteiger partial charge in [0.15, 0.2) is 0 Å². The lowest BCUT2D eigenvalue weighted by atomic mass is 10.1. The van der Waals surface area contributed by atoms with Gasteiger partial charge in [-0.05, 0) is 24.6 Å². The van der Waals surface area contributed by atoms with Gasteiger partial charge in [-0.25, -0.2) is 4.98 Å². The van der Waals surface area contributed by atoms with Crippen molar-refractivity contribution >= 4 is 29.1 Å². The molecule has 32 heavy (non-hydrogen) atoms. The van der Waals surface area contributed by atoms with Crippen molar-refractivity contribution in [1.29, 1.82) is 0 Å². The van der Waals surface area contributed by atoms with Gasteiger partial charge in [-0.15, -0.1) is 11.3 Å². The second-order valence-electron chi connectivity index (χ2n) is 7.74. The first kappa shape index (κ1) is 21.7. The molecule has 0 unspecified atom stereocenters. The zero-order valence-electron chi connectivity index (χ0n) is 17.8. The number of piperazine rings is 1. The van der Waals surface area contributed by atoms with Crippen LogP contribution >= 0.6 is 11.3 Å². The Balaban J connectivity index is 1.28. The molecule has 164 valence electrons. The minimum absolute atomic E-state index is 0.0822. The molecule has 3 aromatic rings. The summed E-state index contributed by atoms with van der Waals surface area (Å²) < 4.78 is 0. The Morgan fingerprint density at radius 2 is 1.88 bits per heavy atom. The van der Waals surface area contributed by atoms with Crippen LogP contribution in [0.2, 0.25) is 0 Å². The van der Waals surface area contributed by atoms with Crippen molar-refractivity contribution < 1.29 is 14.4 Å². The van der Waals surface area contributed by atoms with E-state index in [1.807, 2.05) is 48.7 Å². The van der Waals surface area contributed by atoms with Crippen LogP contribution in [0.4, 0.5) is 0 Å². The Morgan fingerprint density at radius 1 is 1.12 bits per heavy atom. The number of hydrogen-bond acceptors (Lipinski definition) is 5. The van der Waals surface area contributed by atoms with E-state index in [4.69, 9.17) is 0 Å². The zero-order valence-corrected chi connectivity index (χ0v) is 18.6. The van der Waals surface area contributed by atoms with E-state index in [0.29, 0.717) is 25.2 Å². The second kappa shape index (κ2) is 9.74. The van der Waals surface area contributed by atoms with Crippen LogP contribution in [0, 0.1) is 6.92 Å². The highest BCUT2D eigenvalue weighted by Crippen LogP contribution is 2.24. The van der Waals surface area contributed by atoms with Crippen LogP contribution in [0.25, 0.3) is 10.6 Å². The fourth-order valence-electron chi connectivity index (χ4n) is 3.40. The molecule has 4 rings (SSSR count). The van der Waals surface area contributed by atoms with Crippen LogP contribution in [-0.2, 0) is 22.6 Å². The molecule has 1 fully saturated rings. The molecule has 2 N–H and O–H groups in total. The number of thiazole rings is 1. The molecule has 0 radical (unpaired) electrons. The number of nitrogens with one attached hydrogen (secondary N) is 2. The number of rotatable bonds is 6. The summed E-state index contributed by atoms with van der Waals surface area (Å²) in [6.07, 6.45) is 0.218. The van der Waals surface area contributed by atoms with Crippen LogP contribution in [0.5, 0.6) is 0 Å². The van der Waals surface area contributed by atoms with Gasteiger partial charge in [-0.2, -0.15) is 0 Å². The number of carbonyl (C=O) groups is 3. The van der Waals surface area contributed by atoms with Crippen molar-refractivity contribution in [3.05, 3.63) is 76.3 Å². The Hall–Kier alpha value is -3.52. The molecule has 2 aromatic carbocycles. The Labute approximate surface area is 190 Å². The molecular weight excluding hydrogens is 424 g/mol. The van der Waals surface area contributed by atoms with Gasteiger partial charge in [0.25, 0.3) is 5.91 Å². The Kier molecular flexibility index (Phi) is 6.61. The van der Waals surface area contributed by atoms with Crippen molar-refractivity contribution in [2.75, 3.05) is 19.6 Å². The van der Waals surface area contributed by atoms with Gasteiger partial charge in [0.05, 0.1) is 18.7 Å². The smallest absolute Gasteiger partial charge is 0.254 e. The van der Waals surface area contributed by atoms with Crippen LogP contribution in [0.1, 0.15) is 27.2 Å².